The van der Waals surface area contributed by atoms with E-state index in [0.29, 0.717) is 38.3 Å². The van der Waals surface area contributed by atoms with Crippen LogP contribution >= 0.6 is 0 Å². The van der Waals surface area contributed by atoms with Gasteiger partial charge in [0.1, 0.15) is 11.7 Å². The lowest BCUT2D eigenvalue weighted by Crippen LogP contribution is -2.48. The fourth-order valence-electron chi connectivity index (χ4n) is 4.36. The monoisotopic (exact) mass is 437 g/mol. The van der Waals surface area contributed by atoms with Crippen molar-refractivity contribution in [1.29, 1.82) is 0 Å². The molecule has 3 heterocycles. The molecule has 3 amide bonds. The number of fused-ring (bicyclic) bond motifs is 1. The average Bonchev–Trinajstić information content (AvgIpc) is 3.43. The first-order valence-corrected chi connectivity index (χ1v) is 11.5. The summed E-state index contributed by atoms with van der Waals surface area (Å²) in [4.78, 5) is 42.5. The maximum atomic E-state index is 13.2. The Morgan fingerprint density at radius 1 is 1.16 bits per heavy atom. The third-order valence-corrected chi connectivity index (χ3v) is 6.34. The number of nitrogens with zero attached hydrogens (tertiary/aromatic N) is 4. The van der Waals surface area contributed by atoms with Crippen molar-refractivity contribution >= 4 is 17.7 Å². The summed E-state index contributed by atoms with van der Waals surface area (Å²) < 4.78 is 1.64. The van der Waals surface area contributed by atoms with Crippen molar-refractivity contribution in [2.24, 2.45) is 0 Å². The van der Waals surface area contributed by atoms with Gasteiger partial charge < -0.3 is 15.1 Å². The van der Waals surface area contributed by atoms with Crippen molar-refractivity contribution in [1.82, 2.24) is 24.9 Å². The molecule has 2 aliphatic heterocycles. The topological polar surface area (TPSA) is 87.5 Å². The standard InChI is InChI=1S/C24H31N5O3/c1-3-17(2)25-22(30)20-11-7-13-28(20)23(31)19-15-21-24(32)27(12-8-14-29(21)26-19)16-18-9-5-4-6-10-18/h4-6,9-10,15,17,20H,3,7-8,11-14,16H2,1-2H3,(H,25,30). The summed E-state index contributed by atoms with van der Waals surface area (Å²) in [5.74, 6) is -0.517. The third-order valence-electron chi connectivity index (χ3n) is 6.34. The number of aryl methyl sites for hydroxylation is 1. The van der Waals surface area contributed by atoms with Crippen LogP contribution in [-0.2, 0) is 17.9 Å². The van der Waals surface area contributed by atoms with Crippen LogP contribution in [0.4, 0.5) is 0 Å². The minimum atomic E-state index is -0.483. The summed E-state index contributed by atoms with van der Waals surface area (Å²) in [6, 6.07) is 11.1. The van der Waals surface area contributed by atoms with Crippen molar-refractivity contribution in [2.45, 2.75) is 64.7 Å². The molecular formula is C24H31N5O3. The molecule has 0 bridgehead atoms. The zero-order valence-electron chi connectivity index (χ0n) is 18.8. The van der Waals surface area contributed by atoms with E-state index in [9.17, 15) is 14.4 Å². The highest BCUT2D eigenvalue weighted by atomic mass is 16.2. The summed E-state index contributed by atoms with van der Waals surface area (Å²) in [5, 5.41) is 7.45. The molecule has 1 fully saturated rings. The Labute approximate surface area is 188 Å². The molecule has 170 valence electrons. The van der Waals surface area contributed by atoms with Gasteiger partial charge >= 0.3 is 0 Å². The normalized spacial score (nSPS) is 19.4. The van der Waals surface area contributed by atoms with Crippen LogP contribution in [0.15, 0.2) is 36.4 Å². The maximum Gasteiger partial charge on any atom is 0.275 e. The van der Waals surface area contributed by atoms with Gasteiger partial charge in [0.2, 0.25) is 5.91 Å². The van der Waals surface area contributed by atoms with Gasteiger partial charge in [0.15, 0.2) is 5.69 Å². The van der Waals surface area contributed by atoms with Crippen LogP contribution in [0, 0.1) is 0 Å². The molecule has 0 spiro atoms. The summed E-state index contributed by atoms with van der Waals surface area (Å²) in [6.07, 6.45) is 3.03. The van der Waals surface area contributed by atoms with E-state index in [-0.39, 0.29) is 29.5 Å². The zero-order valence-corrected chi connectivity index (χ0v) is 18.8. The number of likely N-dealkylation sites (tertiary alicyclic amines) is 1. The van der Waals surface area contributed by atoms with Crippen LogP contribution < -0.4 is 5.32 Å². The number of nitrogens with one attached hydrogen (secondary N) is 1. The largest absolute Gasteiger partial charge is 0.352 e. The minimum absolute atomic E-state index is 0.0666. The van der Waals surface area contributed by atoms with Gasteiger partial charge in [0, 0.05) is 38.3 Å². The second kappa shape index (κ2) is 9.54. The lowest BCUT2D eigenvalue weighted by molar-refractivity contribution is -0.125. The molecule has 1 aromatic carbocycles. The molecule has 2 aromatic rings. The highest BCUT2D eigenvalue weighted by molar-refractivity contribution is 6.00. The Morgan fingerprint density at radius 3 is 2.69 bits per heavy atom. The van der Waals surface area contributed by atoms with E-state index in [4.69, 9.17) is 0 Å². The molecule has 0 saturated carbocycles. The number of carbonyl (C=O) groups excluding carboxylic acids is 3. The lowest BCUT2D eigenvalue weighted by Gasteiger charge is -2.24. The fourth-order valence-corrected chi connectivity index (χ4v) is 4.36. The Balaban J connectivity index is 1.51. The van der Waals surface area contributed by atoms with E-state index < -0.39 is 6.04 Å². The highest BCUT2D eigenvalue weighted by Crippen LogP contribution is 2.22. The Hall–Kier alpha value is -3.16. The van der Waals surface area contributed by atoms with E-state index >= 15 is 0 Å². The zero-order chi connectivity index (χ0) is 22.7. The molecule has 4 rings (SSSR count). The predicted octanol–water partition coefficient (Wildman–Crippen LogP) is 2.45. The van der Waals surface area contributed by atoms with Crippen LogP contribution in [0.1, 0.15) is 66.1 Å². The molecule has 8 nitrogen and oxygen atoms in total. The van der Waals surface area contributed by atoms with Crippen molar-refractivity contribution in [2.75, 3.05) is 13.1 Å². The van der Waals surface area contributed by atoms with Gasteiger partial charge in [0.25, 0.3) is 11.8 Å². The van der Waals surface area contributed by atoms with Gasteiger partial charge in [0.05, 0.1) is 0 Å². The predicted molar refractivity (Wildman–Crippen MR) is 120 cm³/mol. The summed E-state index contributed by atoms with van der Waals surface area (Å²) in [7, 11) is 0. The second-order valence-electron chi connectivity index (χ2n) is 8.68. The smallest absolute Gasteiger partial charge is 0.275 e. The van der Waals surface area contributed by atoms with E-state index in [1.165, 1.54) is 0 Å². The number of hydrogen-bond donors (Lipinski definition) is 1. The Kier molecular flexibility index (Phi) is 6.58. The van der Waals surface area contributed by atoms with E-state index in [0.717, 1.165) is 24.8 Å². The first kappa shape index (κ1) is 22.0. The molecule has 0 radical (unpaired) electrons. The van der Waals surface area contributed by atoms with Crippen molar-refractivity contribution in [3.05, 3.63) is 53.3 Å². The van der Waals surface area contributed by atoms with Crippen LogP contribution in [0.3, 0.4) is 0 Å². The van der Waals surface area contributed by atoms with Crippen LogP contribution in [0.25, 0.3) is 0 Å². The molecule has 8 heteroatoms. The van der Waals surface area contributed by atoms with Gasteiger partial charge in [-0.3, -0.25) is 19.1 Å². The lowest BCUT2D eigenvalue weighted by atomic mass is 10.1. The van der Waals surface area contributed by atoms with Crippen molar-refractivity contribution in [3.63, 3.8) is 0 Å². The average molecular weight is 438 g/mol. The molecule has 1 N–H and O–H groups in total. The minimum Gasteiger partial charge on any atom is -0.352 e. The number of rotatable bonds is 6. The first-order valence-electron chi connectivity index (χ1n) is 11.5. The second-order valence-corrected chi connectivity index (χ2v) is 8.68. The fraction of sp³-hybridized carbons (Fsp3) is 0.500. The third kappa shape index (κ3) is 4.54. The first-order chi connectivity index (χ1) is 15.5. The molecule has 0 aliphatic carbocycles. The molecule has 2 atom stereocenters. The van der Waals surface area contributed by atoms with E-state index in [1.807, 2.05) is 49.1 Å². The van der Waals surface area contributed by atoms with Gasteiger partial charge in [-0.1, -0.05) is 37.3 Å². The van der Waals surface area contributed by atoms with Crippen LogP contribution in [0.5, 0.6) is 0 Å². The number of aromatic nitrogens is 2. The molecule has 1 saturated heterocycles. The SMILES string of the molecule is CCC(C)NC(=O)C1CCCN1C(=O)c1cc2n(n1)CCCN(Cc1ccccc1)C2=O. The van der Waals surface area contributed by atoms with Crippen LogP contribution in [-0.4, -0.2) is 62.5 Å². The molecule has 2 unspecified atom stereocenters. The van der Waals surface area contributed by atoms with Crippen LogP contribution in [0.2, 0.25) is 0 Å². The van der Waals surface area contributed by atoms with E-state index in [1.54, 1.807) is 15.6 Å². The summed E-state index contributed by atoms with van der Waals surface area (Å²) in [5.41, 5.74) is 1.73. The maximum absolute atomic E-state index is 13.2. The van der Waals surface area contributed by atoms with Crippen molar-refractivity contribution in [3.8, 4) is 0 Å². The van der Waals surface area contributed by atoms with Gasteiger partial charge in [-0.05, 0) is 38.2 Å². The van der Waals surface area contributed by atoms with Crippen molar-refractivity contribution < 1.29 is 14.4 Å². The quantitative estimate of drug-likeness (QED) is 0.752. The molecular weight excluding hydrogens is 406 g/mol. The summed E-state index contributed by atoms with van der Waals surface area (Å²) in [6.45, 7) is 6.24. The Bertz CT molecular complexity index is 987. The Morgan fingerprint density at radius 2 is 1.94 bits per heavy atom. The molecule has 1 aromatic heterocycles. The number of benzene rings is 1. The highest BCUT2D eigenvalue weighted by Gasteiger charge is 2.37. The van der Waals surface area contributed by atoms with Gasteiger partial charge in [-0.15, -0.1) is 0 Å². The molecule has 32 heavy (non-hydrogen) atoms. The number of amides is 3. The molecule has 2 aliphatic rings. The van der Waals surface area contributed by atoms with Gasteiger partial charge in [-0.25, -0.2) is 0 Å². The van der Waals surface area contributed by atoms with Gasteiger partial charge in [-0.2, -0.15) is 5.10 Å². The summed E-state index contributed by atoms with van der Waals surface area (Å²) >= 11 is 0. The van der Waals surface area contributed by atoms with E-state index in [2.05, 4.69) is 10.4 Å². The number of carbonyl (C=O) groups is 3. The number of hydrogen-bond acceptors (Lipinski definition) is 4.